The van der Waals surface area contributed by atoms with Gasteiger partial charge in [0.05, 0.1) is 6.61 Å². The van der Waals surface area contributed by atoms with Crippen molar-refractivity contribution in [3.05, 3.63) is 0 Å². The number of aromatic nitrogens is 2. The maximum atomic E-state index is 9.37. The lowest BCUT2D eigenvalue weighted by Gasteiger charge is -2.29. The predicted molar refractivity (Wildman–Crippen MR) is 78.7 cm³/mol. The Morgan fingerprint density at radius 1 is 1.50 bits per heavy atom. The minimum atomic E-state index is -0.235. The summed E-state index contributed by atoms with van der Waals surface area (Å²) in [5.41, 5.74) is -0.235. The Labute approximate surface area is 117 Å². The van der Waals surface area contributed by atoms with Crippen LogP contribution in [0, 0.1) is 0 Å². The first-order chi connectivity index (χ1) is 8.40. The summed E-state index contributed by atoms with van der Waals surface area (Å²) >= 11 is 3.30. The van der Waals surface area contributed by atoms with Gasteiger partial charge >= 0.3 is 0 Å². The van der Waals surface area contributed by atoms with E-state index in [4.69, 9.17) is 0 Å². The molecule has 0 aliphatic heterocycles. The van der Waals surface area contributed by atoms with Crippen LogP contribution in [0.3, 0.4) is 0 Å². The van der Waals surface area contributed by atoms with Gasteiger partial charge in [0.25, 0.3) is 0 Å². The number of rotatable bonds is 7. The molecule has 0 aliphatic carbocycles. The van der Waals surface area contributed by atoms with Crippen molar-refractivity contribution in [3.63, 3.8) is 0 Å². The van der Waals surface area contributed by atoms with Crippen molar-refractivity contribution in [3.8, 4) is 0 Å². The van der Waals surface area contributed by atoms with E-state index in [-0.39, 0.29) is 12.1 Å². The molecule has 2 atom stereocenters. The first-order valence-corrected chi connectivity index (χ1v) is 7.57. The molecule has 0 fully saturated rings. The summed E-state index contributed by atoms with van der Waals surface area (Å²) in [4.78, 5) is 1.96. The third-order valence-electron chi connectivity index (χ3n) is 2.77. The molecule has 0 saturated carbocycles. The molecule has 1 rings (SSSR count). The number of aliphatic hydroxyl groups is 1. The maximum Gasteiger partial charge on any atom is 0.208 e. The smallest absolute Gasteiger partial charge is 0.208 e. The number of nitrogens with one attached hydrogen (secondary N) is 1. The summed E-state index contributed by atoms with van der Waals surface area (Å²) in [5, 5.41) is 22.1. The molecule has 0 bridgehead atoms. The van der Waals surface area contributed by atoms with Crippen molar-refractivity contribution < 1.29 is 5.11 Å². The Morgan fingerprint density at radius 3 is 2.61 bits per heavy atom. The van der Waals surface area contributed by atoms with E-state index in [2.05, 4.69) is 22.4 Å². The molecule has 1 heterocycles. The van der Waals surface area contributed by atoms with E-state index < -0.39 is 0 Å². The molecular weight excluding hydrogens is 268 g/mol. The number of hydrogen-bond acceptors (Lipinski definition) is 7. The van der Waals surface area contributed by atoms with Crippen molar-refractivity contribution in [1.29, 1.82) is 0 Å². The lowest BCUT2D eigenvalue weighted by Crippen LogP contribution is -2.45. The molecule has 5 nitrogen and oxygen atoms in total. The predicted octanol–water partition coefficient (Wildman–Crippen LogP) is 1.45. The number of likely N-dealkylation sites (N-methyl/N-ethyl adjacent to an activating group) is 1. The fourth-order valence-corrected chi connectivity index (χ4v) is 3.82. The van der Waals surface area contributed by atoms with Crippen LogP contribution in [-0.2, 0) is 0 Å². The second-order valence-corrected chi connectivity index (χ2v) is 7.49. The van der Waals surface area contributed by atoms with Gasteiger partial charge in [-0.3, -0.25) is 0 Å². The van der Waals surface area contributed by atoms with Gasteiger partial charge in [0, 0.05) is 24.9 Å². The Bertz CT molecular complexity index is 366. The van der Waals surface area contributed by atoms with Crippen LogP contribution in [-0.4, -0.2) is 53.8 Å². The summed E-state index contributed by atoms with van der Waals surface area (Å²) in [6.07, 6.45) is 0.877. The van der Waals surface area contributed by atoms with Gasteiger partial charge in [-0.15, -0.1) is 10.2 Å². The van der Waals surface area contributed by atoms with E-state index in [1.807, 2.05) is 33.0 Å². The minimum Gasteiger partial charge on any atom is -0.394 e. The van der Waals surface area contributed by atoms with Gasteiger partial charge in [0.1, 0.15) is 0 Å². The van der Waals surface area contributed by atoms with Crippen LogP contribution in [0.1, 0.15) is 20.3 Å². The lowest BCUT2D eigenvalue weighted by molar-refractivity contribution is 0.174. The Kier molecular flexibility index (Phi) is 5.84. The van der Waals surface area contributed by atoms with Crippen molar-refractivity contribution in [1.82, 2.24) is 15.5 Å². The monoisotopic (exact) mass is 290 g/mol. The quantitative estimate of drug-likeness (QED) is 0.741. The van der Waals surface area contributed by atoms with Crippen molar-refractivity contribution in [2.45, 2.75) is 35.4 Å². The van der Waals surface area contributed by atoms with Gasteiger partial charge in [-0.2, -0.15) is 0 Å². The number of anilines is 1. The van der Waals surface area contributed by atoms with Crippen LogP contribution in [0.4, 0.5) is 5.13 Å². The van der Waals surface area contributed by atoms with Crippen molar-refractivity contribution in [2.24, 2.45) is 0 Å². The maximum absolute atomic E-state index is 9.37. The first kappa shape index (κ1) is 15.7. The summed E-state index contributed by atoms with van der Waals surface area (Å²) in [7, 11) is 5.80. The van der Waals surface area contributed by atoms with E-state index in [1.165, 1.54) is 0 Å². The fraction of sp³-hybridized carbons (Fsp3) is 0.818. The van der Waals surface area contributed by atoms with Crippen LogP contribution >= 0.6 is 23.1 Å². The largest absolute Gasteiger partial charge is 0.394 e. The standard InChI is InChI=1S/C11H22N4OS2/c1-8(6-11(2,7-16)12-3)17-10-14-13-9(18-10)15(4)5/h8,12,16H,6-7H2,1-5H3. The van der Waals surface area contributed by atoms with Crippen LogP contribution in [0.5, 0.6) is 0 Å². The van der Waals surface area contributed by atoms with Gasteiger partial charge in [0.2, 0.25) is 5.13 Å². The molecule has 2 N–H and O–H groups in total. The Balaban J connectivity index is 2.56. The van der Waals surface area contributed by atoms with Gasteiger partial charge in [-0.05, 0) is 20.4 Å². The minimum absolute atomic E-state index is 0.132. The molecule has 1 aromatic heterocycles. The molecule has 1 aromatic rings. The zero-order valence-corrected chi connectivity index (χ0v) is 13.2. The second kappa shape index (κ2) is 6.70. The van der Waals surface area contributed by atoms with Crippen LogP contribution in [0.15, 0.2) is 4.34 Å². The van der Waals surface area contributed by atoms with Crippen LogP contribution < -0.4 is 10.2 Å². The average Bonchev–Trinajstić information content (AvgIpc) is 2.77. The molecular formula is C11H22N4OS2. The molecule has 0 saturated heterocycles. The molecule has 0 amide bonds. The highest BCUT2D eigenvalue weighted by Crippen LogP contribution is 2.32. The number of hydrogen-bond donors (Lipinski definition) is 2. The summed E-state index contributed by atoms with van der Waals surface area (Å²) < 4.78 is 0.975. The SMILES string of the molecule is CNC(C)(CO)CC(C)Sc1nnc(N(C)C)s1. The van der Waals surface area contributed by atoms with Crippen LogP contribution in [0.2, 0.25) is 0 Å². The molecule has 18 heavy (non-hydrogen) atoms. The number of thioether (sulfide) groups is 1. The fourth-order valence-electron chi connectivity index (χ4n) is 1.52. The van der Waals surface area contributed by atoms with E-state index in [0.717, 1.165) is 15.9 Å². The third kappa shape index (κ3) is 4.38. The highest BCUT2D eigenvalue weighted by atomic mass is 32.2. The topological polar surface area (TPSA) is 61.3 Å². The third-order valence-corrected chi connectivity index (χ3v) is 5.05. The van der Waals surface area contributed by atoms with Gasteiger partial charge in [-0.1, -0.05) is 30.0 Å². The van der Waals surface area contributed by atoms with E-state index in [9.17, 15) is 5.11 Å². The van der Waals surface area contributed by atoms with Gasteiger partial charge < -0.3 is 15.3 Å². The summed E-state index contributed by atoms with van der Waals surface area (Å²) in [6.45, 7) is 4.30. The zero-order chi connectivity index (χ0) is 13.8. The summed E-state index contributed by atoms with van der Waals surface area (Å²) in [5.74, 6) is 0. The van der Waals surface area contributed by atoms with E-state index >= 15 is 0 Å². The average molecular weight is 290 g/mol. The molecule has 7 heteroatoms. The number of nitrogens with zero attached hydrogens (tertiary/aromatic N) is 3. The molecule has 0 spiro atoms. The zero-order valence-electron chi connectivity index (χ0n) is 11.6. The van der Waals surface area contributed by atoms with Crippen LogP contribution in [0.25, 0.3) is 0 Å². The normalized spacial score (nSPS) is 16.3. The summed E-state index contributed by atoms with van der Waals surface area (Å²) in [6, 6.07) is 0. The first-order valence-electron chi connectivity index (χ1n) is 5.87. The number of aliphatic hydroxyl groups excluding tert-OH is 1. The molecule has 104 valence electrons. The van der Waals surface area contributed by atoms with E-state index in [0.29, 0.717) is 5.25 Å². The molecule has 2 unspecified atom stereocenters. The second-order valence-electron chi connectivity index (χ2n) is 4.85. The highest BCUT2D eigenvalue weighted by Gasteiger charge is 2.24. The molecule has 0 aromatic carbocycles. The van der Waals surface area contributed by atoms with Gasteiger partial charge in [-0.25, -0.2) is 0 Å². The Morgan fingerprint density at radius 2 is 2.17 bits per heavy atom. The molecule has 0 radical (unpaired) electrons. The van der Waals surface area contributed by atoms with Crippen molar-refractivity contribution >= 4 is 28.2 Å². The lowest BCUT2D eigenvalue weighted by atomic mass is 9.98. The van der Waals surface area contributed by atoms with Gasteiger partial charge in [0.15, 0.2) is 4.34 Å². The van der Waals surface area contributed by atoms with Crippen molar-refractivity contribution in [2.75, 3.05) is 32.6 Å². The Hall–Kier alpha value is -0.370. The van der Waals surface area contributed by atoms with E-state index in [1.54, 1.807) is 23.1 Å². The molecule has 0 aliphatic rings. The highest BCUT2D eigenvalue weighted by molar-refractivity contribution is 8.01.